The van der Waals surface area contributed by atoms with Gasteiger partial charge in [-0.25, -0.2) is 13.1 Å². The van der Waals surface area contributed by atoms with E-state index in [-0.39, 0.29) is 11.4 Å². The van der Waals surface area contributed by atoms with Crippen LogP contribution in [0.2, 0.25) is 0 Å². The summed E-state index contributed by atoms with van der Waals surface area (Å²) in [6, 6.07) is 3.07. The Morgan fingerprint density at radius 3 is 2.90 bits per heavy atom. The van der Waals surface area contributed by atoms with Crippen LogP contribution in [0.5, 0.6) is 0 Å². The Kier molecular flexibility index (Phi) is 4.77. The third kappa shape index (κ3) is 3.59. The lowest BCUT2D eigenvalue weighted by molar-refractivity contribution is 0.541. The zero-order valence-corrected chi connectivity index (χ0v) is 11.6. The molecule has 0 aliphatic heterocycles. The second kappa shape index (κ2) is 6.55. The fraction of sp³-hybridized carbons (Fsp3) is 0.364. The van der Waals surface area contributed by atoms with Crippen molar-refractivity contribution in [2.45, 2.75) is 24.4 Å². The molecule has 0 saturated heterocycles. The smallest absolute Gasteiger partial charge is 0.242 e. The summed E-state index contributed by atoms with van der Waals surface area (Å²) in [6.45, 7) is 0.983. The molecule has 2 aromatic heterocycles. The van der Waals surface area contributed by atoms with Crippen molar-refractivity contribution in [3.63, 3.8) is 0 Å². The average molecular weight is 296 g/mol. The van der Waals surface area contributed by atoms with Crippen LogP contribution in [0.25, 0.3) is 0 Å². The van der Waals surface area contributed by atoms with E-state index < -0.39 is 10.0 Å². The van der Waals surface area contributed by atoms with Gasteiger partial charge in [-0.1, -0.05) is 5.21 Å². The molecule has 0 radical (unpaired) electrons. The molecule has 2 heterocycles. The van der Waals surface area contributed by atoms with Crippen LogP contribution in [0.3, 0.4) is 0 Å². The fourth-order valence-corrected chi connectivity index (χ4v) is 2.97. The first-order valence-corrected chi connectivity index (χ1v) is 7.59. The maximum atomic E-state index is 12.1. The Hall–Kier alpha value is -1.84. The van der Waals surface area contributed by atoms with Crippen LogP contribution < -0.4 is 10.5 Å². The molecular weight excluding hydrogens is 280 g/mol. The molecule has 0 saturated carbocycles. The largest absolute Gasteiger partial charge is 0.325 e. The van der Waals surface area contributed by atoms with E-state index in [0.717, 1.165) is 0 Å². The van der Waals surface area contributed by atoms with E-state index in [1.807, 2.05) is 0 Å². The second-order valence-corrected chi connectivity index (χ2v) is 5.81. The molecule has 3 N–H and O–H groups in total. The number of nitrogens with two attached hydrogens (primary N) is 1. The third-order valence-corrected chi connectivity index (χ3v) is 4.19. The van der Waals surface area contributed by atoms with E-state index in [9.17, 15) is 8.42 Å². The number of nitrogens with one attached hydrogen (secondary N) is 1. The highest BCUT2D eigenvalue weighted by Crippen LogP contribution is 2.11. The molecule has 0 aromatic carbocycles. The predicted octanol–water partition coefficient (Wildman–Crippen LogP) is -0.500. The van der Waals surface area contributed by atoms with Crippen molar-refractivity contribution in [1.82, 2.24) is 24.7 Å². The van der Waals surface area contributed by atoms with Crippen molar-refractivity contribution < 1.29 is 8.42 Å². The standard InChI is InChI=1S/C11H16N6O2S/c12-9-10-11(3-1-4-13-10)20(18,19)15-5-2-7-17-8-6-14-16-17/h1,3-4,6,8,15H,2,5,7,9,12H2. The van der Waals surface area contributed by atoms with Crippen LogP contribution in [-0.4, -0.2) is 34.9 Å². The fourth-order valence-electron chi connectivity index (χ4n) is 1.70. The molecule has 2 aromatic rings. The lowest BCUT2D eigenvalue weighted by Crippen LogP contribution is -2.27. The van der Waals surface area contributed by atoms with E-state index in [4.69, 9.17) is 5.73 Å². The molecule has 0 atom stereocenters. The van der Waals surface area contributed by atoms with Gasteiger partial charge in [-0.15, -0.1) is 5.10 Å². The van der Waals surface area contributed by atoms with Gasteiger partial charge < -0.3 is 5.73 Å². The molecule has 20 heavy (non-hydrogen) atoms. The molecule has 0 bridgehead atoms. The van der Waals surface area contributed by atoms with Gasteiger partial charge >= 0.3 is 0 Å². The molecule has 9 heteroatoms. The SMILES string of the molecule is NCc1ncccc1S(=O)(=O)NCCCn1ccnn1. The van der Waals surface area contributed by atoms with Gasteiger partial charge in [0.1, 0.15) is 4.90 Å². The Balaban J connectivity index is 1.94. The van der Waals surface area contributed by atoms with Gasteiger partial charge in [0.05, 0.1) is 11.9 Å². The molecule has 2 rings (SSSR count). The molecule has 0 aliphatic rings. The number of sulfonamides is 1. The zero-order valence-electron chi connectivity index (χ0n) is 10.8. The molecule has 0 unspecified atom stereocenters. The summed E-state index contributed by atoms with van der Waals surface area (Å²) in [6.07, 6.45) is 5.43. The number of aryl methyl sites for hydroxylation is 1. The van der Waals surface area contributed by atoms with Crippen LogP contribution in [-0.2, 0) is 23.1 Å². The zero-order chi connectivity index (χ0) is 14.4. The van der Waals surface area contributed by atoms with Crippen LogP contribution in [0.1, 0.15) is 12.1 Å². The first kappa shape index (κ1) is 14.6. The Bertz CT molecular complexity index is 641. The summed E-state index contributed by atoms with van der Waals surface area (Å²) in [5, 5.41) is 7.47. The molecule has 8 nitrogen and oxygen atoms in total. The first-order valence-electron chi connectivity index (χ1n) is 6.11. The number of hydrogen-bond acceptors (Lipinski definition) is 6. The predicted molar refractivity (Wildman–Crippen MR) is 72.0 cm³/mol. The molecular formula is C11H16N6O2S. The van der Waals surface area contributed by atoms with Gasteiger partial charge in [0.15, 0.2) is 0 Å². The summed E-state index contributed by atoms with van der Waals surface area (Å²) >= 11 is 0. The average Bonchev–Trinajstić information content (AvgIpc) is 2.97. The van der Waals surface area contributed by atoms with E-state index in [1.54, 1.807) is 23.1 Å². The van der Waals surface area contributed by atoms with Crippen LogP contribution in [0.15, 0.2) is 35.6 Å². The van der Waals surface area contributed by atoms with Crippen LogP contribution in [0, 0.1) is 0 Å². The second-order valence-electron chi connectivity index (χ2n) is 4.07. The summed E-state index contributed by atoms with van der Waals surface area (Å²) in [5.74, 6) is 0. The number of nitrogens with zero attached hydrogens (tertiary/aromatic N) is 4. The number of pyridine rings is 1. The van der Waals surface area contributed by atoms with Gasteiger partial charge in [0.2, 0.25) is 10.0 Å². The molecule has 0 aliphatic carbocycles. The van der Waals surface area contributed by atoms with Crippen molar-refractivity contribution in [2.75, 3.05) is 6.54 Å². The van der Waals surface area contributed by atoms with Crippen molar-refractivity contribution in [3.8, 4) is 0 Å². The van der Waals surface area contributed by atoms with Gasteiger partial charge in [-0.3, -0.25) is 9.67 Å². The Morgan fingerprint density at radius 2 is 2.20 bits per heavy atom. The minimum absolute atomic E-state index is 0.0794. The van der Waals surface area contributed by atoms with Crippen molar-refractivity contribution >= 4 is 10.0 Å². The minimum Gasteiger partial charge on any atom is -0.325 e. The lowest BCUT2D eigenvalue weighted by atomic mass is 10.3. The third-order valence-electron chi connectivity index (χ3n) is 2.66. The van der Waals surface area contributed by atoms with E-state index >= 15 is 0 Å². The lowest BCUT2D eigenvalue weighted by Gasteiger charge is -2.09. The summed E-state index contributed by atoms with van der Waals surface area (Å²) in [5.41, 5.74) is 5.85. The van der Waals surface area contributed by atoms with Gasteiger partial charge in [-0.05, 0) is 18.6 Å². The van der Waals surface area contributed by atoms with Gasteiger partial charge in [-0.2, -0.15) is 0 Å². The highest BCUT2D eigenvalue weighted by atomic mass is 32.2. The monoisotopic (exact) mass is 296 g/mol. The Labute approximate surface area is 117 Å². The Morgan fingerprint density at radius 1 is 1.35 bits per heavy atom. The maximum absolute atomic E-state index is 12.1. The van der Waals surface area contributed by atoms with Gasteiger partial charge in [0.25, 0.3) is 0 Å². The highest BCUT2D eigenvalue weighted by Gasteiger charge is 2.17. The van der Waals surface area contributed by atoms with Crippen LogP contribution >= 0.6 is 0 Å². The number of aromatic nitrogens is 4. The van der Waals surface area contributed by atoms with Crippen LogP contribution in [0.4, 0.5) is 0 Å². The molecule has 0 fully saturated rings. The van der Waals surface area contributed by atoms with Crippen molar-refractivity contribution in [2.24, 2.45) is 5.73 Å². The molecule has 0 amide bonds. The minimum atomic E-state index is -3.58. The first-order chi connectivity index (χ1) is 9.63. The maximum Gasteiger partial charge on any atom is 0.242 e. The van der Waals surface area contributed by atoms with Gasteiger partial charge in [0, 0.05) is 32.0 Å². The summed E-state index contributed by atoms with van der Waals surface area (Å²) < 4.78 is 28.4. The summed E-state index contributed by atoms with van der Waals surface area (Å²) in [7, 11) is -3.58. The van der Waals surface area contributed by atoms with E-state index in [0.29, 0.717) is 25.2 Å². The molecule has 0 spiro atoms. The quantitative estimate of drug-likeness (QED) is 0.665. The van der Waals surface area contributed by atoms with E-state index in [1.165, 1.54) is 12.3 Å². The van der Waals surface area contributed by atoms with E-state index in [2.05, 4.69) is 20.0 Å². The number of hydrogen-bond donors (Lipinski definition) is 2. The van der Waals surface area contributed by atoms with Crippen molar-refractivity contribution in [1.29, 1.82) is 0 Å². The highest BCUT2D eigenvalue weighted by molar-refractivity contribution is 7.89. The summed E-state index contributed by atoms with van der Waals surface area (Å²) in [4.78, 5) is 4.09. The normalized spacial score (nSPS) is 11.7. The number of rotatable bonds is 7. The molecule has 108 valence electrons. The van der Waals surface area contributed by atoms with Crippen molar-refractivity contribution in [3.05, 3.63) is 36.4 Å². The topological polar surface area (TPSA) is 116 Å².